The standard InChI is InChI=1S/C14H18N2O3/c1-15-13(18)10-3-2-4-11(9-10)14(19)16(7-8-17)12-5-6-12/h2-4,9,12,17H,5-8H2,1H3,(H,15,18). The van der Waals surface area contributed by atoms with E-state index < -0.39 is 0 Å². The van der Waals surface area contributed by atoms with E-state index in [0.29, 0.717) is 17.7 Å². The highest BCUT2D eigenvalue weighted by Crippen LogP contribution is 2.28. The number of carbonyl (C=O) groups excluding carboxylic acids is 2. The molecule has 2 amide bonds. The zero-order chi connectivity index (χ0) is 13.8. The molecule has 5 heteroatoms. The van der Waals surface area contributed by atoms with Crippen LogP contribution in [-0.2, 0) is 0 Å². The van der Waals surface area contributed by atoms with Crippen molar-refractivity contribution in [2.75, 3.05) is 20.2 Å². The molecule has 1 aromatic carbocycles. The van der Waals surface area contributed by atoms with Crippen molar-refractivity contribution in [1.29, 1.82) is 0 Å². The van der Waals surface area contributed by atoms with Crippen LogP contribution in [0.1, 0.15) is 33.6 Å². The van der Waals surface area contributed by atoms with Gasteiger partial charge in [0.2, 0.25) is 0 Å². The molecule has 1 aliphatic rings. The minimum absolute atomic E-state index is 0.0443. The van der Waals surface area contributed by atoms with Crippen LogP contribution in [0.5, 0.6) is 0 Å². The SMILES string of the molecule is CNC(=O)c1cccc(C(=O)N(CCO)C2CC2)c1. The summed E-state index contributed by atoms with van der Waals surface area (Å²) in [4.78, 5) is 25.6. The Morgan fingerprint density at radius 1 is 1.37 bits per heavy atom. The Bertz CT molecular complexity index is 483. The van der Waals surface area contributed by atoms with Gasteiger partial charge in [0.05, 0.1) is 6.61 Å². The molecule has 1 aliphatic carbocycles. The van der Waals surface area contributed by atoms with Crippen molar-refractivity contribution >= 4 is 11.8 Å². The molecule has 0 bridgehead atoms. The van der Waals surface area contributed by atoms with Crippen LogP contribution in [0, 0.1) is 0 Å². The van der Waals surface area contributed by atoms with Gasteiger partial charge >= 0.3 is 0 Å². The molecule has 1 aromatic rings. The number of aliphatic hydroxyl groups is 1. The average Bonchev–Trinajstić information content (AvgIpc) is 3.27. The minimum atomic E-state index is -0.213. The quantitative estimate of drug-likeness (QED) is 0.818. The summed E-state index contributed by atoms with van der Waals surface area (Å²) in [6.45, 7) is 0.297. The van der Waals surface area contributed by atoms with Gasteiger partial charge in [-0.1, -0.05) is 6.07 Å². The first kappa shape index (κ1) is 13.5. The number of amides is 2. The lowest BCUT2D eigenvalue weighted by atomic mass is 10.1. The summed E-state index contributed by atoms with van der Waals surface area (Å²) >= 11 is 0. The molecule has 2 N–H and O–H groups in total. The van der Waals surface area contributed by atoms with Gasteiger partial charge in [-0.05, 0) is 31.0 Å². The molecule has 1 saturated carbocycles. The summed E-state index contributed by atoms with van der Waals surface area (Å²) < 4.78 is 0. The van der Waals surface area contributed by atoms with Crippen LogP contribution in [0.2, 0.25) is 0 Å². The lowest BCUT2D eigenvalue weighted by Crippen LogP contribution is -2.35. The van der Waals surface area contributed by atoms with Crippen molar-refractivity contribution in [1.82, 2.24) is 10.2 Å². The predicted molar refractivity (Wildman–Crippen MR) is 71.0 cm³/mol. The fourth-order valence-electron chi connectivity index (χ4n) is 2.05. The van der Waals surface area contributed by atoms with E-state index in [0.717, 1.165) is 12.8 Å². The van der Waals surface area contributed by atoms with Gasteiger partial charge in [0, 0.05) is 30.8 Å². The highest BCUT2D eigenvalue weighted by Gasteiger charge is 2.32. The number of aliphatic hydroxyl groups excluding tert-OH is 1. The van der Waals surface area contributed by atoms with Crippen molar-refractivity contribution in [2.45, 2.75) is 18.9 Å². The second-order valence-corrected chi connectivity index (χ2v) is 4.61. The highest BCUT2D eigenvalue weighted by molar-refractivity contribution is 5.99. The molecule has 0 aliphatic heterocycles. The zero-order valence-corrected chi connectivity index (χ0v) is 10.9. The second kappa shape index (κ2) is 5.84. The molecule has 0 aromatic heterocycles. The molecule has 0 heterocycles. The Morgan fingerprint density at radius 2 is 2.05 bits per heavy atom. The molecular weight excluding hydrogens is 244 g/mol. The third-order valence-corrected chi connectivity index (χ3v) is 3.19. The number of carbonyl (C=O) groups is 2. The number of hydrogen-bond donors (Lipinski definition) is 2. The van der Waals surface area contributed by atoms with Crippen molar-refractivity contribution in [3.63, 3.8) is 0 Å². The summed E-state index contributed by atoms with van der Waals surface area (Å²) in [7, 11) is 1.55. The van der Waals surface area contributed by atoms with Crippen LogP contribution >= 0.6 is 0 Å². The van der Waals surface area contributed by atoms with Crippen LogP contribution in [0.3, 0.4) is 0 Å². The largest absolute Gasteiger partial charge is 0.395 e. The van der Waals surface area contributed by atoms with Gasteiger partial charge in [0.25, 0.3) is 11.8 Å². The molecule has 0 atom stereocenters. The van der Waals surface area contributed by atoms with Gasteiger partial charge in [-0.25, -0.2) is 0 Å². The Kier molecular flexibility index (Phi) is 4.16. The first-order valence-corrected chi connectivity index (χ1v) is 6.41. The molecule has 102 valence electrons. The van der Waals surface area contributed by atoms with Crippen LogP contribution in [0.4, 0.5) is 0 Å². The van der Waals surface area contributed by atoms with Gasteiger partial charge in [0.1, 0.15) is 0 Å². The molecule has 2 rings (SSSR count). The van der Waals surface area contributed by atoms with Crippen LogP contribution < -0.4 is 5.32 Å². The van der Waals surface area contributed by atoms with Crippen LogP contribution in [0.15, 0.2) is 24.3 Å². The number of nitrogens with one attached hydrogen (secondary N) is 1. The van der Waals surface area contributed by atoms with Crippen molar-refractivity contribution < 1.29 is 14.7 Å². The molecule has 0 spiro atoms. The van der Waals surface area contributed by atoms with Crippen LogP contribution in [0.25, 0.3) is 0 Å². The monoisotopic (exact) mass is 262 g/mol. The van der Waals surface area contributed by atoms with Gasteiger partial charge in [0.15, 0.2) is 0 Å². The summed E-state index contributed by atoms with van der Waals surface area (Å²) in [6.07, 6.45) is 1.97. The summed E-state index contributed by atoms with van der Waals surface area (Å²) in [6, 6.07) is 6.89. The number of rotatable bonds is 5. The first-order valence-electron chi connectivity index (χ1n) is 6.41. The molecule has 0 radical (unpaired) electrons. The number of nitrogens with zero attached hydrogens (tertiary/aromatic N) is 1. The second-order valence-electron chi connectivity index (χ2n) is 4.61. The van der Waals surface area contributed by atoms with E-state index >= 15 is 0 Å². The Morgan fingerprint density at radius 3 is 2.63 bits per heavy atom. The van der Waals surface area contributed by atoms with Gasteiger partial charge in [-0.3, -0.25) is 9.59 Å². The van der Waals surface area contributed by atoms with Gasteiger partial charge in [-0.2, -0.15) is 0 Å². The van der Waals surface area contributed by atoms with E-state index in [4.69, 9.17) is 5.11 Å². The van der Waals surface area contributed by atoms with E-state index in [1.54, 1.807) is 36.2 Å². The summed E-state index contributed by atoms with van der Waals surface area (Å²) in [5, 5.41) is 11.6. The smallest absolute Gasteiger partial charge is 0.254 e. The normalized spacial score (nSPS) is 14.0. The number of benzene rings is 1. The van der Waals surface area contributed by atoms with Gasteiger partial charge < -0.3 is 15.3 Å². The minimum Gasteiger partial charge on any atom is -0.395 e. The maximum absolute atomic E-state index is 12.4. The van der Waals surface area contributed by atoms with Gasteiger partial charge in [-0.15, -0.1) is 0 Å². The maximum atomic E-state index is 12.4. The molecular formula is C14H18N2O3. The zero-order valence-electron chi connectivity index (χ0n) is 10.9. The van der Waals surface area contributed by atoms with Crippen molar-refractivity contribution in [3.8, 4) is 0 Å². The fourth-order valence-corrected chi connectivity index (χ4v) is 2.05. The first-order chi connectivity index (χ1) is 9.17. The van der Waals surface area contributed by atoms with E-state index in [1.165, 1.54) is 0 Å². The highest BCUT2D eigenvalue weighted by atomic mass is 16.3. The molecule has 5 nitrogen and oxygen atoms in total. The summed E-state index contributed by atoms with van der Waals surface area (Å²) in [5.74, 6) is -0.336. The Balaban J connectivity index is 2.20. The summed E-state index contributed by atoms with van der Waals surface area (Å²) in [5.41, 5.74) is 0.953. The maximum Gasteiger partial charge on any atom is 0.254 e. The Labute approximate surface area is 112 Å². The Hall–Kier alpha value is -1.88. The molecule has 19 heavy (non-hydrogen) atoms. The van der Waals surface area contributed by atoms with Crippen molar-refractivity contribution in [2.24, 2.45) is 0 Å². The van der Waals surface area contributed by atoms with E-state index in [-0.39, 0.29) is 24.5 Å². The predicted octanol–water partition coefficient (Wildman–Crippen LogP) is 0.643. The topological polar surface area (TPSA) is 69.6 Å². The van der Waals surface area contributed by atoms with E-state index in [2.05, 4.69) is 5.32 Å². The lowest BCUT2D eigenvalue weighted by molar-refractivity contribution is 0.0707. The third kappa shape index (κ3) is 3.12. The number of hydrogen-bond acceptors (Lipinski definition) is 3. The van der Waals surface area contributed by atoms with E-state index in [9.17, 15) is 9.59 Å². The van der Waals surface area contributed by atoms with Crippen molar-refractivity contribution in [3.05, 3.63) is 35.4 Å². The molecule has 0 saturated heterocycles. The third-order valence-electron chi connectivity index (χ3n) is 3.19. The lowest BCUT2D eigenvalue weighted by Gasteiger charge is -2.21. The van der Waals surface area contributed by atoms with Crippen LogP contribution in [-0.4, -0.2) is 48.1 Å². The fraction of sp³-hybridized carbons (Fsp3) is 0.429. The average molecular weight is 262 g/mol. The van der Waals surface area contributed by atoms with E-state index in [1.807, 2.05) is 0 Å². The molecule has 0 unspecified atom stereocenters. The molecule has 1 fully saturated rings.